The number of furan rings is 1. The Kier molecular flexibility index (Phi) is 8.55. The summed E-state index contributed by atoms with van der Waals surface area (Å²) in [5, 5.41) is 2.27. The average Bonchev–Trinajstić information content (AvgIpc) is 3.67. The molecule has 0 N–H and O–H groups in total. The molecule has 0 radical (unpaired) electrons. The van der Waals surface area contributed by atoms with Gasteiger partial charge in [-0.15, -0.1) is 0 Å². The van der Waals surface area contributed by atoms with Crippen LogP contribution in [0.1, 0.15) is 0 Å². The highest BCUT2D eigenvalue weighted by molar-refractivity contribution is 6.12. The van der Waals surface area contributed by atoms with Crippen molar-refractivity contribution in [3.8, 4) is 55.6 Å². The molecule has 10 rings (SSSR count). The van der Waals surface area contributed by atoms with Gasteiger partial charge >= 0.3 is 0 Å². The Bertz CT molecular complexity index is 2830. The maximum absolute atomic E-state index is 6.31. The van der Waals surface area contributed by atoms with E-state index in [0.717, 1.165) is 61.3 Å². The van der Waals surface area contributed by atoms with Crippen LogP contribution >= 0.6 is 0 Å². The van der Waals surface area contributed by atoms with Gasteiger partial charge in [-0.25, -0.2) is 0 Å². The van der Waals surface area contributed by atoms with Crippen molar-refractivity contribution in [3.63, 3.8) is 0 Å². The van der Waals surface area contributed by atoms with Gasteiger partial charge in [0, 0.05) is 27.8 Å². The summed E-state index contributed by atoms with van der Waals surface area (Å²) in [6, 6.07) is 80.1. The zero-order valence-electron chi connectivity index (χ0n) is 30.7. The number of para-hydroxylation sites is 1. The fourth-order valence-electron chi connectivity index (χ4n) is 7.88. The van der Waals surface area contributed by atoms with Gasteiger partial charge in [0.25, 0.3) is 0 Å². The van der Waals surface area contributed by atoms with E-state index in [4.69, 9.17) is 4.42 Å². The molecule has 0 aliphatic heterocycles. The SMILES string of the molecule is c1ccc(-c2ccc(N(c3ccc(-c4ccccc4)cc3)c3ccc(-c4cc(-c5ccccc5)cc(-c5cccc6oc7ccccc7c56)c4)cc3)cc2)cc1. The van der Waals surface area contributed by atoms with Gasteiger partial charge in [0.2, 0.25) is 0 Å². The van der Waals surface area contributed by atoms with Gasteiger partial charge in [0.15, 0.2) is 0 Å². The minimum atomic E-state index is 0.897. The molecule has 264 valence electrons. The second kappa shape index (κ2) is 14.4. The number of rotatable bonds is 8. The van der Waals surface area contributed by atoms with E-state index in [1.807, 2.05) is 12.1 Å². The van der Waals surface area contributed by atoms with Gasteiger partial charge in [0.05, 0.1) is 0 Å². The maximum atomic E-state index is 6.31. The summed E-state index contributed by atoms with van der Waals surface area (Å²) in [6.45, 7) is 0. The van der Waals surface area contributed by atoms with Crippen molar-refractivity contribution in [1.29, 1.82) is 0 Å². The summed E-state index contributed by atoms with van der Waals surface area (Å²) in [5.41, 5.74) is 16.8. The fraction of sp³-hybridized carbons (Fsp3) is 0. The van der Waals surface area contributed by atoms with Crippen LogP contribution in [0, 0.1) is 0 Å². The Balaban J connectivity index is 1.07. The lowest BCUT2D eigenvalue weighted by Crippen LogP contribution is -2.09. The van der Waals surface area contributed by atoms with Gasteiger partial charge < -0.3 is 9.32 Å². The molecule has 1 aromatic heterocycles. The molecule has 10 aromatic rings. The molecule has 56 heavy (non-hydrogen) atoms. The third-order valence-electron chi connectivity index (χ3n) is 10.7. The van der Waals surface area contributed by atoms with Crippen molar-refractivity contribution >= 4 is 39.0 Å². The Labute approximate surface area is 327 Å². The van der Waals surface area contributed by atoms with Crippen molar-refractivity contribution in [2.45, 2.75) is 0 Å². The van der Waals surface area contributed by atoms with Gasteiger partial charge in [-0.1, -0.05) is 158 Å². The van der Waals surface area contributed by atoms with Crippen LogP contribution in [0.2, 0.25) is 0 Å². The van der Waals surface area contributed by atoms with Crippen molar-refractivity contribution < 1.29 is 4.42 Å². The summed E-state index contributed by atoms with van der Waals surface area (Å²) in [7, 11) is 0. The summed E-state index contributed by atoms with van der Waals surface area (Å²) in [6.07, 6.45) is 0. The van der Waals surface area contributed by atoms with Crippen LogP contribution in [0.15, 0.2) is 229 Å². The first-order valence-corrected chi connectivity index (χ1v) is 19.1. The smallest absolute Gasteiger partial charge is 0.136 e. The first-order valence-electron chi connectivity index (χ1n) is 19.1. The molecule has 0 saturated heterocycles. The molecule has 0 amide bonds. The summed E-state index contributed by atoms with van der Waals surface area (Å²) in [5.74, 6) is 0. The van der Waals surface area contributed by atoms with E-state index in [9.17, 15) is 0 Å². The third-order valence-corrected chi connectivity index (χ3v) is 10.7. The Morgan fingerprint density at radius 1 is 0.268 bits per heavy atom. The minimum Gasteiger partial charge on any atom is -0.456 e. The molecule has 0 saturated carbocycles. The van der Waals surface area contributed by atoms with Crippen LogP contribution in [0.5, 0.6) is 0 Å². The summed E-state index contributed by atoms with van der Waals surface area (Å²) < 4.78 is 6.31. The summed E-state index contributed by atoms with van der Waals surface area (Å²) in [4.78, 5) is 2.34. The van der Waals surface area contributed by atoms with Crippen LogP contribution in [0.3, 0.4) is 0 Å². The standard InChI is InChI=1S/C54H37NO/c1-4-13-38(14-5-1)41-23-29-47(30-24-41)55(48-31-25-42(26-32-48)39-15-6-2-7-16-39)49-33-27-43(28-34-49)45-35-44(40-17-8-3-9-18-40)36-46(37-45)50-20-12-22-53-54(50)51-19-10-11-21-52(51)56-53/h1-37H. The lowest BCUT2D eigenvalue weighted by atomic mass is 9.91. The van der Waals surface area contributed by atoms with E-state index < -0.39 is 0 Å². The predicted octanol–water partition coefficient (Wildman–Crippen LogP) is 15.4. The largest absolute Gasteiger partial charge is 0.456 e. The molecule has 0 fully saturated rings. The van der Waals surface area contributed by atoms with E-state index in [1.165, 1.54) is 33.4 Å². The lowest BCUT2D eigenvalue weighted by Gasteiger charge is -2.26. The number of fused-ring (bicyclic) bond motifs is 3. The topological polar surface area (TPSA) is 16.4 Å². The number of anilines is 3. The molecular weight excluding hydrogens is 679 g/mol. The molecule has 0 atom stereocenters. The van der Waals surface area contributed by atoms with E-state index in [1.54, 1.807) is 0 Å². The molecule has 2 heteroatoms. The fourth-order valence-corrected chi connectivity index (χ4v) is 7.88. The molecule has 0 aliphatic rings. The van der Waals surface area contributed by atoms with Gasteiger partial charge in [-0.05, 0) is 122 Å². The molecule has 0 bridgehead atoms. The van der Waals surface area contributed by atoms with Crippen molar-refractivity contribution in [2.24, 2.45) is 0 Å². The highest BCUT2D eigenvalue weighted by Gasteiger charge is 2.17. The Morgan fingerprint density at radius 3 is 1.14 bits per heavy atom. The molecule has 1 heterocycles. The van der Waals surface area contributed by atoms with E-state index >= 15 is 0 Å². The first-order chi connectivity index (χ1) is 27.7. The van der Waals surface area contributed by atoms with Crippen LogP contribution in [0.25, 0.3) is 77.6 Å². The van der Waals surface area contributed by atoms with Crippen LogP contribution in [-0.4, -0.2) is 0 Å². The number of hydrogen-bond donors (Lipinski definition) is 0. The molecule has 0 aliphatic carbocycles. The quantitative estimate of drug-likeness (QED) is 0.156. The monoisotopic (exact) mass is 715 g/mol. The van der Waals surface area contributed by atoms with E-state index in [2.05, 4.69) is 217 Å². The molecule has 0 unspecified atom stereocenters. The number of benzene rings is 9. The van der Waals surface area contributed by atoms with Gasteiger partial charge in [-0.2, -0.15) is 0 Å². The Morgan fingerprint density at radius 2 is 0.643 bits per heavy atom. The van der Waals surface area contributed by atoms with Crippen LogP contribution < -0.4 is 4.90 Å². The second-order valence-corrected chi connectivity index (χ2v) is 14.2. The summed E-state index contributed by atoms with van der Waals surface area (Å²) >= 11 is 0. The molecule has 0 spiro atoms. The zero-order valence-corrected chi connectivity index (χ0v) is 30.7. The van der Waals surface area contributed by atoms with Crippen molar-refractivity contribution in [3.05, 3.63) is 224 Å². The second-order valence-electron chi connectivity index (χ2n) is 14.2. The lowest BCUT2D eigenvalue weighted by molar-refractivity contribution is 0.669. The van der Waals surface area contributed by atoms with E-state index in [0.29, 0.717) is 0 Å². The normalized spacial score (nSPS) is 11.2. The van der Waals surface area contributed by atoms with Crippen molar-refractivity contribution in [2.75, 3.05) is 4.90 Å². The first kappa shape index (κ1) is 33.2. The van der Waals surface area contributed by atoms with Crippen LogP contribution in [-0.2, 0) is 0 Å². The zero-order chi connectivity index (χ0) is 37.3. The molecule has 2 nitrogen and oxygen atoms in total. The number of hydrogen-bond acceptors (Lipinski definition) is 2. The molecule has 9 aromatic carbocycles. The third kappa shape index (κ3) is 6.34. The van der Waals surface area contributed by atoms with Crippen LogP contribution in [0.4, 0.5) is 17.1 Å². The Hall–Kier alpha value is -7.42. The van der Waals surface area contributed by atoms with Crippen molar-refractivity contribution in [1.82, 2.24) is 0 Å². The number of nitrogens with zero attached hydrogens (tertiary/aromatic N) is 1. The average molecular weight is 716 g/mol. The molecular formula is C54H37NO. The predicted molar refractivity (Wildman–Crippen MR) is 236 cm³/mol. The highest BCUT2D eigenvalue weighted by Crippen LogP contribution is 2.41. The maximum Gasteiger partial charge on any atom is 0.136 e. The van der Waals surface area contributed by atoms with Gasteiger partial charge in [-0.3, -0.25) is 0 Å². The van der Waals surface area contributed by atoms with Gasteiger partial charge in [0.1, 0.15) is 11.2 Å². The highest BCUT2D eigenvalue weighted by atomic mass is 16.3. The minimum absolute atomic E-state index is 0.897. The van der Waals surface area contributed by atoms with E-state index in [-0.39, 0.29) is 0 Å².